The molecule has 4 N–H and O–H groups in total. The van der Waals surface area contributed by atoms with Crippen molar-refractivity contribution in [3.63, 3.8) is 0 Å². The van der Waals surface area contributed by atoms with Crippen LogP contribution in [0, 0.1) is 11.8 Å². The summed E-state index contributed by atoms with van der Waals surface area (Å²) >= 11 is 8.45. The van der Waals surface area contributed by atoms with Crippen LogP contribution >= 0.6 is 25.3 Å². The quantitative estimate of drug-likeness (QED) is 0.167. The molecule has 12 heteroatoms. The van der Waals surface area contributed by atoms with Gasteiger partial charge in [0.1, 0.15) is 24.2 Å². The molecule has 1 rings (SSSR count). The maximum atomic E-state index is 13.0. The van der Waals surface area contributed by atoms with Crippen LogP contribution in [0.25, 0.3) is 0 Å². The lowest BCUT2D eigenvalue weighted by Crippen LogP contribution is -2.58. The van der Waals surface area contributed by atoms with Crippen molar-refractivity contribution in [1.82, 2.24) is 21.3 Å². The lowest BCUT2D eigenvalue weighted by atomic mass is 10.0. The Hall–Kier alpha value is -2.21. The highest BCUT2D eigenvalue weighted by atomic mass is 32.1. The molecule has 0 bridgehead atoms. The summed E-state index contributed by atoms with van der Waals surface area (Å²) in [5.41, 5.74) is 0. The van der Waals surface area contributed by atoms with Crippen LogP contribution in [0.5, 0.6) is 0 Å². The van der Waals surface area contributed by atoms with Crippen LogP contribution in [0.15, 0.2) is 12.2 Å². The first kappa shape index (κ1) is 30.8. The fourth-order valence-corrected chi connectivity index (χ4v) is 3.65. The topological polar surface area (TPSA) is 143 Å². The molecule has 0 aromatic heterocycles. The predicted molar refractivity (Wildman–Crippen MR) is 139 cm³/mol. The Morgan fingerprint density at radius 2 is 1.49 bits per heavy atom. The van der Waals surface area contributed by atoms with E-state index in [4.69, 9.17) is 4.74 Å². The Morgan fingerprint density at radius 3 is 2.03 bits per heavy atom. The van der Waals surface area contributed by atoms with Gasteiger partial charge in [-0.15, -0.1) is 0 Å². The van der Waals surface area contributed by atoms with Gasteiger partial charge in [0.15, 0.2) is 0 Å². The van der Waals surface area contributed by atoms with Gasteiger partial charge >= 0.3 is 5.97 Å². The van der Waals surface area contributed by atoms with Gasteiger partial charge in [-0.25, -0.2) is 4.79 Å². The van der Waals surface area contributed by atoms with Gasteiger partial charge in [-0.05, 0) is 30.1 Å². The number of ether oxygens (including phenoxy) is 1. The number of hydrogen-bond donors (Lipinski definition) is 6. The van der Waals surface area contributed by atoms with E-state index in [9.17, 15) is 24.0 Å². The second kappa shape index (κ2) is 15.0. The Labute approximate surface area is 218 Å². The fourth-order valence-electron chi connectivity index (χ4n) is 3.29. The minimum atomic E-state index is -1.06. The zero-order chi connectivity index (χ0) is 26.7. The number of amides is 4. The molecular formula is C23H38N4O6S2. The van der Waals surface area contributed by atoms with E-state index in [-0.39, 0.29) is 18.3 Å². The summed E-state index contributed by atoms with van der Waals surface area (Å²) in [7, 11) is 0. The highest BCUT2D eigenvalue weighted by Crippen LogP contribution is 2.12. The third-order valence-corrected chi connectivity index (χ3v) is 5.85. The molecule has 0 radical (unpaired) electrons. The summed E-state index contributed by atoms with van der Waals surface area (Å²) in [6.07, 6.45) is 2.81. The van der Waals surface area contributed by atoms with Gasteiger partial charge in [-0.2, -0.15) is 25.3 Å². The van der Waals surface area contributed by atoms with Gasteiger partial charge in [0.25, 0.3) is 0 Å². The highest BCUT2D eigenvalue weighted by molar-refractivity contribution is 7.81. The minimum absolute atomic E-state index is 0.221. The van der Waals surface area contributed by atoms with Crippen molar-refractivity contribution in [2.24, 2.45) is 11.8 Å². The molecule has 1 aliphatic heterocycles. The smallest absolute Gasteiger partial charge is 0.329 e. The van der Waals surface area contributed by atoms with Gasteiger partial charge in [0, 0.05) is 5.25 Å². The van der Waals surface area contributed by atoms with E-state index in [1.54, 1.807) is 46.8 Å². The molecule has 10 nitrogen and oxygen atoms in total. The summed E-state index contributed by atoms with van der Waals surface area (Å²) < 4.78 is 5.60. The lowest BCUT2D eigenvalue weighted by molar-refractivity contribution is -0.153. The van der Waals surface area contributed by atoms with Crippen LogP contribution in [0.4, 0.5) is 0 Å². The monoisotopic (exact) mass is 530 g/mol. The number of allylic oxidation sites excluding steroid dienone is 1. The molecule has 0 aromatic carbocycles. The molecule has 1 saturated heterocycles. The second-order valence-corrected chi connectivity index (χ2v) is 10.4. The van der Waals surface area contributed by atoms with E-state index in [0.29, 0.717) is 12.2 Å². The average Bonchev–Trinajstić information content (AvgIpc) is 2.76. The highest BCUT2D eigenvalue weighted by Gasteiger charge is 2.34. The average molecular weight is 531 g/mol. The van der Waals surface area contributed by atoms with Gasteiger partial charge in [0.2, 0.25) is 23.6 Å². The van der Waals surface area contributed by atoms with Crippen molar-refractivity contribution < 1.29 is 28.7 Å². The van der Waals surface area contributed by atoms with Crippen LogP contribution in [0.3, 0.4) is 0 Å². The van der Waals surface area contributed by atoms with Crippen LogP contribution in [0.1, 0.15) is 47.5 Å². The molecule has 198 valence electrons. The van der Waals surface area contributed by atoms with E-state index < -0.39 is 65.6 Å². The van der Waals surface area contributed by atoms with Crippen molar-refractivity contribution in [2.75, 3.05) is 12.3 Å². The first-order valence-corrected chi connectivity index (χ1v) is 12.8. The van der Waals surface area contributed by atoms with Crippen molar-refractivity contribution in [2.45, 2.75) is 76.9 Å². The minimum Gasteiger partial charge on any atom is -0.456 e. The molecule has 1 aliphatic rings. The Balaban J connectivity index is 3.34. The molecule has 0 aromatic rings. The summed E-state index contributed by atoms with van der Waals surface area (Å²) in [4.78, 5) is 63.8. The lowest BCUT2D eigenvalue weighted by Gasteiger charge is -2.28. The first-order valence-electron chi connectivity index (χ1n) is 11.7. The molecule has 0 spiro atoms. The molecule has 35 heavy (non-hydrogen) atoms. The van der Waals surface area contributed by atoms with Crippen LogP contribution in [-0.4, -0.2) is 71.4 Å². The molecule has 5 atom stereocenters. The van der Waals surface area contributed by atoms with Crippen LogP contribution in [-0.2, 0) is 28.7 Å². The number of hydrogen-bond acceptors (Lipinski definition) is 8. The van der Waals surface area contributed by atoms with E-state index in [1.807, 2.05) is 0 Å². The number of esters is 1. The van der Waals surface area contributed by atoms with Crippen LogP contribution in [0.2, 0.25) is 0 Å². The van der Waals surface area contributed by atoms with Crippen molar-refractivity contribution >= 4 is 54.9 Å². The number of cyclic esters (lactones) is 1. The molecule has 1 fully saturated rings. The number of thiol groups is 2. The van der Waals surface area contributed by atoms with E-state index in [2.05, 4.69) is 46.5 Å². The van der Waals surface area contributed by atoms with Gasteiger partial charge in [0.05, 0.1) is 13.0 Å². The molecular weight excluding hydrogens is 492 g/mol. The van der Waals surface area contributed by atoms with Gasteiger partial charge < -0.3 is 26.0 Å². The summed E-state index contributed by atoms with van der Waals surface area (Å²) in [6.45, 7) is 8.21. The number of nitrogens with one attached hydrogen (secondary N) is 4. The molecule has 4 amide bonds. The van der Waals surface area contributed by atoms with E-state index >= 15 is 0 Å². The van der Waals surface area contributed by atoms with E-state index in [1.165, 1.54) is 0 Å². The Bertz CT molecular complexity index is 803. The summed E-state index contributed by atoms with van der Waals surface area (Å²) in [5.74, 6) is -3.04. The SMILES string of the molecule is CC(C)C1NC(=O)C[C@@H](/C=C/CCS)OC(=O)[C@H](C(C)C)NC(=O)C(C(C)S)NC(=O)CNC1=O. The zero-order valence-electron chi connectivity index (χ0n) is 20.9. The predicted octanol–water partition coefficient (Wildman–Crippen LogP) is 0.379. The Kier molecular flexibility index (Phi) is 13.2. The third kappa shape index (κ3) is 10.5. The maximum absolute atomic E-state index is 13.0. The number of carbonyl (C=O) groups is 5. The molecule has 3 unspecified atom stereocenters. The first-order chi connectivity index (χ1) is 16.4. The molecule has 0 saturated carbocycles. The second-order valence-electron chi connectivity index (χ2n) is 9.14. The number of rotatable bonds is 6. The Morgan fingerprint density at radius 1 is 0.886 bits per heavy atom. The zero-order valence-corrected chi connectivity index (χ0v) is 22.7. The van der Waals surface area contributed by atoms with Gasteiger partial charge in [-0.3, -0.25) is 19.2 Å². The largest absolute Gasteiger partial charge is 0.456 e. The van der Waals surface area contributed by atoms with E-state index in [0.717, 1.165) is 0 Å². The van der Waals surface area contributed by atoms with Crippen molar-refractivity contribution in [1.29, 1.82) is 0 Å². The van der Waals surface area contributed by atoms with Crippen molar-refractivity contribution in [3.05, 3.63) is 12.2 Å². The maximum Gasteiger partial charge on any atom is 0.329 e. The summed E-state index contributed by atoms with van der Waals surface area (Å²) in [6, 6.07) is -2.99. The number of carbonyl (C=O) groups excluding carboxylic acids is 5. The van der Waals surface area contributed by atoms with Gasteiger partial charge in [-0.1, -0.05) is 40.7 Å². The molecule has 1 heterocycles. The van der Waals surface area contributed by atoms with Crippen molar-refractivity contribution in [3.8, 4) is 0 Å². The normalized spacial score (nSPS) is 26.7. The summed E-state index contributed by atoms with van der Waals surface area (Å²) in [5, 5.41) is 9.74. The standard InChI is InChI=1S/C23H38N4O6S2/c1-12(2)18-21(30)24-11-17(29)26-20(14(5)35)22(31)27-19(13(3)4)23(32)33-15(8-6-7-9-34)10-16(28)25-18/h6,8,12-15,18-20,34-35H,7,9-11H2,1-5H3,(H,24,30)(H,25,28)(H,26,29)(H,27,31)/b8-6+/t14?,15-,18?,19+,20?/m1/s1. The fraction of sp³-hybridized carbons (Fsp3) is 0.696. The molecule has 0 aliphatic carbocycles. The third-order valence-electron chi connectivity index (χ3n) is 5.29. The van der Waals surface area contributed by atoms with Crippen LogP contribution < -0.4 is 21.3 Å².